The molecule has 0 radical (unpaired) electrons. The van der Waals surface area contributed by atoms with E-state index in [9.17, 15) is 4.79 Å². The quantitative estimate of drug-likeness (QED) is 0.559. The van der Waals surface area contributed by atoms with E-state index in [0.717, 1.165) is 25.8 Å². The molecule has 0 aromatic rings. The standard InChI is InChI=1S/C18H36N2O/c1-2-3-4-5-6-7-8-12-15-20-17(21)16-18(19)13-10-9-11-14-18/h2-16,19H2,1H3,(H,20,21). The molecule has 0 aromatic heterocycles. The summed E-state index contributed by atoms with van der Waals surface area (Å²) in [7, 11) is 0. The highest BCUT2D eigenvalue weighted by Gasteiger charge is 2.29. The van der Waals surface area contributed by atoms with E-state index in [0.29, 0.717) is 6.42 Å². The number of nitrogens with two attached hydrogens (primary N) is 1. The van der Waals surface area contributed by atoms with E-state index >= 15 is 0 Å². The molecule has 3 N–H and O–H groups in total. The molecule has 3 heteroatoms. The Balaban J connectivity index is 1.93. The van der Waals surface area contributed by atoms with Gasteiger partial charge in [0, 0.05) is 18.5 Å². The molecule has 3 nitrogen and oxygen atoms in total. The monoisotopic (exact) mass is 296 g/mol. The lowest BCUT2D eigenvalue weighted by Gasteiger charge is -2.32. The van der Waals surface area contributed by atoms with Gasteiger partial charge in [-0.2, -0.15) is 0 Å². The summed E-state index contributed by atoms with van der Waals surface area (Å²) in [5.41, 5.74) is 6.09. The van der Waals surface area contributed by atoms with Crippen molar-refractivity contribution in [1.82, 2.24) is 5.32 Å². The van der Waals surface area contributed by atoms with Gasteiger partial charge in [-0.25, -0.2) is 0 Å². The molecule has 0 heterocycles. The van der Waals surface area contributed by atoms with Crippen LogP contribution >= 0.6 is 0 Å². The number of hydrogen-bond acceptors (Lipinski definition) is 2. The van der Waals surface area contributed by atoms with Crippen LogP contribution in [0.5, 0.6) is 0 Å². The van der Waals surface area contributed by atoms with Crippen molar-refractivity contribution in [2.75, 3.05) is 6.54 Å². The molecule has 0 saturated heterocycles. The van der Waals surface area contributed by atoms with Crippen LogP contribution in [0.3, 0.4) is 0 Å². The average Bonchev–Trinajstić information content (AvgIpc) is 2.46. The van der Waals surface area contributed by atoms with Crippen molar-refractivity contribution >= 4 is 5.91 Å². The van der Waals surface area contributed by atoms with Crippen molar-refractivity contribution in [2.45, 2.75) is 102 Å². The summed E-state index contributed by atoms with van der Waals surface area (Å²) in [4.78, 5) is 11.9. The maximum Gasteiger partial charge on any atom is 0.221 e. The maximum atomic E-state index is 11.9. The SMILES string of the molecule is CCCCCCCCCCNC(=O)CC1(N)CCCCC1. The van der Waals surface area contributed by atoms with Gasteiger partial charge in [0.15, 0.2) is 0 Å². The Hall–Kier alpha value is -0.570. The van der Waals surface area contributed by atoms with Crippen molar-refractivity contribution in [3.05, 3.63) is 0 Å². The number of nitrogens with one attached hydrogen (secondary N) is 1. The highest BCUT2D eigenvalue weighted by atomic mass is 16.1. The molecule has 0 unspecified atom stereocenters. The van der Waals surface area contributed by atoms with Gasteiger partial charge in [0.1, 0.15) is 0 Å². The Morgan fingerprint density at radius 3 is 2.14 bits per heavy atom. The van der Waals surface area contributed by atoms with E-state index < -0.39 is 0 Å². The molecular weight excluding hydrogens is 260 g/mol. The van der Waals surface area contributed by atoms with Gasteiger partial charge in [0.25, 0.3) is 0 Å². The first-order valence-corrected chi connectivity index (χ1v) is 9.22. The van der Waals surface area contributed by atoms with Crippen LogP contribution in [0.15, 0.2) is 0 Å². The molecular formula is C18H36N2O. The Labute approximate surface area is 131 Å². The average molecular weight is 296 g/mol. The van der Waals surface area contributed by atoms with Crippen LogP contribution in [0.4, 0.5) is 0 Å². The lowest BCUT2D eigenvalue weighted by atomic mass is 9.80. The number of carbonyl (C=O) groups is 1. The lowest BCUT2D eigenvalue weighted by molar-refractivity contribution is -0.122. The van der Waals surface area contributed by atoms with Crippen molar-refractivity contribution in [3.63, 3.8) is 0 Å². The number of carbonyl (C=O) groups excluding carboxylic acids is 1. The highest BCUT2D eigenvalue weighted by molar-refractivity contribution is 5.77. The third-order valence-electron chi connectivity index (χ3n) is 4.71. The molecule has 1 aliphatic rings. The first-order chi connectivity index (χ1) is 10.2. The predicted molar refractivity (Wildman–Crippen MR) is 90.2 cm³/mol. The molecule has 21 heavy (non-hydrogen) atoms. The Morgan fingerprint density at radius 1 is 0.952 bits per heavy atom. The molecule has 1 fully saturated rings. The molecule has 1 amide bonds. The minimum Gasteiger partial charge on any atom is -0.356 e. The summed E-state index contributed by atoms with van der Waals surface area (Å²) in [6.45, 7) is 3.07. The molecule has 0 aromatic carbocycles. The van der Waals surface area contributed by atoms with E-state index in [1.54, 1.807) is 0 Å². The second-order valence-electron chi connectivity index (χ2n) is 6.92. The summed E-state index contributed by atoms with van der Waals surface area (Å²) in [5, 5.41) is 3.05. The fraction of sp³-hybridized carbons (Fsp3) is 0.944. The van der Waals surface area contributed by atoms with Gasteiger partial charge in [-0.1, -0.05) is 71.1 Å². The molecule has 1 saturated carbocycles. The lowest BCUT2D eigenvalue weighted by Crippen LogP contribution is -2.46. The van der Waals surface area contributed by atoms with Crippen LogP contribution < -0.4 is 11.1 Å². The number of amides is 1. The van der Waals surface area contributed by atoms with Gasteiger partial charge in [-0.05, 0) is 19.3 Å². The van der Waals surface area contributed by atoms with Gasteiger partial charge < -0.3 is 11.1 Å². The van der Waals surface area contributed by atoms with E-state index in [2.05, 4.69) is 12.2 Å². The molecule has 124 valence electrons. The fourth-order valence-corrected chi connectivity index (χ4v) is 3.30. The maximum absolute atomic E-state index is 11.9. The van der Waals surface area contributed by atoms with E-state index in [1.807, 2.05) is 0 Å². The number of rotatable bonds is 11. The number of unbranched alkanes of at least 4 members (excludes halogenated alkanes) is 7. The van der Waals surface area contributed by atoms with Crippen LogP contribution in [0.25, 0.3) is 0 Å². The minimum absolute atomic E-state index is 0.155. The summed E-state index contributed by atoms with van der Waals surface area (Å²) >= 11 is 0. The molecule has 0 spiro atoms. The van der Waals surface area contributed by atoms with Crippen molar-refractivity contribution < 1.29 is 4.79 Å². The largest absolute Gasteiger partial charge is 0.356 e. The summed E-state index contributed by atoms with van der Waals surface area (Å²) < 4.78 is 0. The molecule has 1 aliphatic carbocycles. The van der Waals surface area contributed by atoms with E-state index in [-0.39, 0.29) is 11.4 Å². The second kappa shape index (κ2) is 11.1. The number of hydrogen-bond donors (Lipinski definition) is 2. The smallest absolute Gasteiger partial charge is 0.221 e. The Kier molecular flexibility index (Phi) is 9.73. The Morgan fingerprint density at radius 2 is 1.52 bits per heavy atom. The van der Waals surface area contributed by atoms with Gasteiger partial charge >= 0.3 is 0 Å². The predicted octanol–water partition coefficient (Wildman–Crippen LogP) is 4.30. The molecule has 0 aliphatic heterocycles. The highest BCUT2D eigenvalue weighted by Crippen LogP contribution is 2.28. The molecule has 1 rings (SSSR count). The van der Waals surface area contributed by atoms with Crippen molar-refractivity contribution in [1.29, 1.82) is 0 Å². The van der Waals surface area contributed by atoms with Gasteiger partial charge in [0.2, 0.25) is 5.91 Å². The Bertz CT molecular complexity index is 272. The van der Waals surface area contributed by atoms with Crippen LogP contribution in [-0.2, 0) is 4.79 Å². The first kappa shape index (κ1) is 18.5. The van der Waals surface area contributed by atoms with Crippen LogP contribution in [0.1, 0.15) is 96.8 Å². The fourth-order valence-electron chi connectivity index (χ4n) is 3.30. The molecule has 0 bridgehead atoms. The van der Waals surface area contributed by atoms with Crippen LogP contribution in [0, 0.1) is 0 Å². The zero-order valence-electron chi connectivity index (χ0n) is 14.1. The normalized spacial score (nSPS) is 17.6. The summed E-state index contributed by atoms with van der Waals surface area (Å²) in [6, 6.07) is 0. The summed E-state index contributed by atoms with van der Waals surface area (Å²) in [5.74, 6) is 0.155. The molecule has 0 atom stereocenters. The van der Waals surface area contributed by atoms with Gasteiger partial charge in [0.05, 0.1) is 0 Å². The van der Waals surface area contributed by atoms with E-state index in [1.165, 1.54) is 64.2 Å². The third kappa shape index (κ3) is 9.13. The third-order valence-corrected chi connectivity index (χ3v) is 4.71. The van der Waals surface area contributed by atoms with Gasteiger partial charge in [-0.15, -0.1) is 0 Å². The zero-order chi connectivity index (χ0) is 15.4. The van der Waals surface area contributed by atoms with Crippen LogP contribution in [0.2, 0.25) is 0 Å². The first-order valence-electron chi connectivity index (χ1n) is 9.22. The van der Waals surface area contributed by atoms with Crippen LogP contribution in [-0.4, -0.2) is 18.0 Å². The zero-order valence-corrected chi connectivity index (χ0v) is 14.1. The van der Waals surface area contributed by atoms with Crippen molar-refractivity contribution in [3.8, 4) is 0 Å². The topological polar surface area (TPSA) is 55.1 Å². The minimum atomic E-state index is -0.221. The van der Waals surface area contributed by atoms with E-state index in [4.69, 9.17) is 5.73 Å². The van der Waals surface area contributed by atoms with Crippen molar-refractivity contribution in [2.24, 2.45) is 5.73 Å². The second-order valence-corrected chi connectivity index (χ2v) is 6.92. The summed E-state index contributed by atoms with van der Waals surface area (Å²) in [6.07, 6.45) is 16.6. The van der Waals surface area contributed by atoms with Gasteiger partial charge in [-0.3, -0.25) is 4.79 Å².